The van der Waals surface area contributed by atoms with Crippen LogP contribution in [0.2, 0.25) is 0 Å². The fourth-order valence-corrected chi connectivity index (χ4v) is 3.93. The first-order valence-electron chi connectivity index (χ1n) is 8.34. The van der Waals surface area contributed by atoms with Gasteiger partial charge in [0.05, 0.1) is 0 Å². The number of halogens is 3. The fourth-order valence-electron chi connectivity index (χ4n) is 2.31. The Balaban J connectivity index is 1.91. The first-order chi connectivity index (χ1) is 13.6. The monoisotopic (exact) mass is 424 g/mol. The number of hydrogen-bond donors (Lipinski definition) is 0. The Bertz CT molecular complexity index is 1130. The number of carbonyl (C=O) groups excluding carboxylic acids is 1. The van der Waals surface area contributed by atoms with Crippen molar-refractivity contribution < 1.29 is 26.7 Å². The Morgan fingerprint density at radius 2 is 1.83 bits per heavy atom. The Hall–Kier alpha value is -3.08. The quantitative estimate of drug-likeness (QED) is 0.622. The molecular formula is C18H15F3N4O3S. The van der Waals surface area contributed by atoms with Gasteiger partial charge in [-0.2, -0.15) is 22.5 Å². The molecule has 0 saturated carbocycles. The third kappa shape index (κ3) is 4.34. The van der Waals surface area contributed by atoms with E-state index in [4.69, 9.17) is 0 Å². The Morgan fingerprint density at radius 3 is 2.34 bits per heavy atom. The van der Waals surface area contributed by atoms with E-state index in [0.29, 0.717) is 0 Å². The van der Waals surface area contributed by atoms with E-state index in [2.05, 4.69) is 24.0 Å². The number of pyridine rings is 1. The molecule has 0 N–H and O–H groups in total. The SMILES string of the molecule is CC(C)S(=O)(=NC(=O)c1ccc(-c2noc(C(F)(F)F)n2)cc1)c1ccccn1. The lowest BCUT2D eigenvalue weighted by molar-refractivity contribution is -0.159. The van der Waals surface area contributed by atoms with Gasteiger partial charge >= 0.3 is 12.1 Å². The zero-order valence-electron chi connectivity index (χ0n) is 15.3. The standard InChI is InChI=1S/C18H15F3N4O3S/c1-11(2)29(27,14-5-3-4-10-22-14)25-16(26)13-8-6-12(7-9-13)15-23-17(28-24-15)18(19,20)21/h3-11H,1-2H3. The van der Waals surface area contributed by atoms with Gasteiger partial charge in [-0.15, -0.1) is 0 Å². The number of alkyl halides is 3. The summed E-state index contributed by atoms with van der Waals surface area (Å²) < 4.78 is 59.1. The topological polar surface area (TPSA) is 98.3 Å². The van der Waals surface area contributed by atoms with Crippen molar-refractivity contribution in [2.75, 3.05) is 0 Å². The molecule has 3 aromatic rings. The van der Waals surface area contributed by atoms with Crippen LogP contribution in [-0.2, 0) is 15.9 Å². The Kier molecular flexibility index (Phi) is 5.51. The van der Waals surface area contributed by atoms with Crippen molar-refractivity contribution in [3.63, 3.8) is 0 Å². The van der Waals surface area contributed by atoms with Gasteiger partial charge in [-0.25, -0.2) is 9.19 Å². The predicted octanol–water partition coefficient (Wildman–Crippen LogP) is 4.23. The molecule has 0 fully saturated rings. The van der Waals surface area contributed by atoms with Crippen molar-refractivity contribution in [2.24, 2.45) is 4.36 Å². The molecule has 2 aromatic heterocycles. The lowest BCUT2D eigenvalue weighted by Crippen LogP contribution is -2.17. The van der Waals surface area contributed by atoms with Gasteiger partial charge in [0.25, 0.3) is 5.91 Å². The maximum absolute atomic E-state index is 13.3. The van der Waals surface area contributed by atoms with E-state index in [-0.39, 0.29) is 22.0 Å². The molecule has 7 nitrogen and oxygen atoms in total. The van der Waals surface area contributed by atoms with Crippen LogP contribution in [0.3, 0.4) is 0 Å². The van der Waals surface area contributed by atoms with Gasteiger partial charge in [0.15, 0.2) is 0 Å². The lowest BCUT2D eigenvalue weighted by Gasteiger charge is -2.12. The van der Waals surface area contributed by atoms with Crippen LogP contribution in [0.1, 0.15) is 30.1 Å². The van der Waals surface area contributed by atoms with Gasteiger partial charge in [-0.1, -0.05) is 23.4 Å². The van der Waals surface area contributed by atoms with E-state index in [9.17, 15) is 22.2 Å². The molecule has 0 aliphatic carbocycles. The average Bonchev–Trinajstić information content (AvgIpc) is 3.19. The van der Waals surface area contributed by atoms with Crippen LogP contribution in [0.25, 0.3) is 11.4 Å². The van der Waals surface area contributed by atoms with Gasteiger partial charge in [0.2, 0.25) is 5.82 Å². The maximum Gasteiger partial charge on any atom is 0.471 e. The highest BCUT2D eigenvalue weighted by Gasteiger charge is 2.38. The largest absolute Gasteiger partial charge is 0.471 e. The van der Waals surface area contributed by atoms with Crippen molar-refractivity contribution in [1.29, 1.82) is 0 Å². The normalized spacial score (nSPS) is 13.9. The molecule has 1 atom stereocenters. The van der Waals surface area contributed by atoms with Gasteiger partial charge in [0, 0.05) is 22.6 Å². The zero-order chi connectivity index (χ0) is 21.2. The second-order valence-electron chi connectivity index (χ2n) is 6.18. The molecule has 1 aromatic carbocycles. The van der Waals surface area contributed by atoms with E-state index < -0.39 is 33.0 Å². The summed E-state index contributed by atoms with van der Waals surface area (Å²) in [5.41, 5.74) is 0.327. The Morgan fingerprint density at radius 1 is 1.14 bits per heavy atom. The smallest absolute Gasteiger partial charge is 0.329 e. The summed E-state index contributed by atoms with van der Waals surface area (Å²) in [6.45, 7) is 3.34. The molecule has 11 heteroatoms. The summed E-state index contributed by atoms with van der Waals surface area (Å²) in [4.78, 5) is 19.9. The predicted molar refractivity (Wildman–Crippen MR) is 97.3 cm³/mol. The van der Waals surface area contributed by atoms with E-state index in [1.165, 1.54) is 36.5 Å². The van der Waals surface area contributed by atoms with E-state index in [0.717, 1.165) is 0 Å². The molecule has 1 unspecified atom stereocenters. The van der Waals surface area contributed by atoms with Crippen molar-refractivity contribution in [1.82, 2.24) is 15.1 Å². The lowest BCUT2D eigenvalue weighted by atomic mass is 10.1. The molecule has 0 saturated heterocycles. The summed E-state index contributed by atoms with van der Waals surface area (Å²) in [5.74, 6) is -2.47. The van der Waals surface area contributed by atoms with Crippen molar-refractivity contribution in [2.45, 2.75) is 30.3 Å². The minimum Gasteiger partial charge on any atom is -0.329 e. The highest BCUT2D eigenvalue weighted by molar-refractivity contribution is 7.94. The molecule has 0 aliphatic rings. The number of hydrogen-bond acceptors (Lipinski definition) is 6. The van der Waals surface area contributed by atoms with Gasteiger partial charge < -0.3 is 4.52 Å². The van der Waals surface area contributed by atoms with Crippen LogP contribution < -0.4 is 0 Å². The summed E-state index contributed by atoms with van der Waals surface area (Å²) in [7, 11) is -3.11. The van der Waals surface area contributed by atoms with Crippen LogP contribution in [0, 0.1) is 0 Å². The summed E-state index contributed by atoms with van der Waals surface area (Å²) >= 11 is 0. The van der Waals surface area contributed by atoms with Crippen LogP contribution in [-0.4, -0.2) is 30.5 Å². The van der Waals surface area contributed by atoms with E-state index in [1.54, 1.807) is 26.0 Å². The van der Waals surface area contributed by atoms with Gasteiger partial charge in [-0.05, 0) is 38.1 Å². The molecule has 0 bridgehead atoms. The number of aromatic nitrogens is 3. The fraction of sp³-hybridized carbons (Fsp3) is 0.222. The van der Waals surface area contributed by atoms with Crippen LogP contribution in [0.15, 0.2) is 62.6 Å². The summed E-state index contributed by atoms with van der Waals surface area (Å²) in [6, 6.07) is 10.2. The third-order valence-corrected chi connectivity index (χ3v) is 6.41. The maximum atomic E-state index is 13.3. The van der Waals surface area contributed by atoms with Crippen molar-refractivity contribution in [3.05, 3.63) is 60.1 Å². The van der Waals surface area contributed by atoms with Gasteiger partial charge in [0.1, 0.15) is 14.8 Å². The molecule has 0 spiro atoms. The minimum atomic E-state index is -4.75. The highest BCUT2D eigenvalue weighted by atomic mass is 32.2. The molecule has 152 valence electrons. The molecule has 29 heavy (non-hydrogen) atoms. The molecular weight excluding hydrogens is 409 g/mol. The third-order valence-electron chi connectivity index (χ3n) is 3.85. The van der Waals surface area contributed by atoms with Crippen LogP contribution in [0.5, 0.6) is 0 Å². The number of carbonyl (C=O) groups is 1. The number of nitrogens with zero attached hydrogens (tertiary/aromatic N) is 4. The minimum absolute atomic E-state index is 0.109. The zero-order valence-corrected chi connectivity index (χ0v) is 16.1. The molecule has 0 aliphatic heterocycles. The molecule has 3 rings (SSSR count). The molecule has 0 radical (unpaired) electrons. The van der Waals surface area contributed by atoms with E-state index >= 15 is 0 Å². The van der Waals surface area contributed by atoms with Crippen molar-refractivity contribution >= 4 is 15.6 Å². The second kappa shape index (κ2) is 7.74. The first kappa shape index (κ1) is 20.6. The number of rotatable bonds is 4. The second-order valence-corrected chi connectivity index (χ2v) is 8.86. The average molecular weight is 424 g/mol. The van der Waals surface area contributed by atoms with Gasteiger partial charge in [-0.3, -0.25) is 4.79 Å². The van der Waals surface area contributed by atoms with Crippen LogP contribution >= 0.6 is 0 Å². The van der Waals surface area contributed by atoms with E-state index in [1.807, 2.05) is 0 Å². The van der Waals surface area contributed by atoms with Crippen molar-refractivity contribution in [3.8, 4) is 11.4 Å². The first-order valence-corrected chi connectivity index (χ1v) is 9.92. The number of benzene rings is 1. The molecule has 1 amide bonds. The summed E-state index contributed by atoms with van der Waals surface area (Å²) in [6.07, 6.45) is -3.28. The summed E-state index contributed by atoms with van der Waals surface area (Å²) in [5, 5.41) is 3.01. The highest BCUT2D eigenvalue weighted by Crippen LogP contribution is 2.29. The Labute approximate surface area is 164 Å². The van der Waals surface area contributed by atoms with Crippen LogP contribution in [0.4, 0.5) is 13.2 Å². The molecule has 2 heterocycles. The number of amides is 1.